The number of rotatable bonds is 11. The number of hydrogen-bond donors (Lipinski definition) is 6. The summed E-state index contributed by atoms with van der Waals surface area (Å²) in [5.74, 6) is -2.60. The lowest BCUT2D eigenvalue weighted by Gasteiger charge is -2.33. The Bertz CT molecular complexity index is 1420. The van der Waals surface area contributed by atoms with Crippen LogP contribution in [0, 0.1) is 10.8 Å². The minimum atomic E-state index is -4.50. The van der Waals surface area contributed by atoms with Gasteiger partial charge >= 0.3 is 0 Å². The van der Waals surface area contributed by atoms with Crippen LogP contribution in [-0.2, 0) is 10.0 Å². The van der Waals surface area contributed by atoms with Crippen LogP contribution in [0.3, 0.4) is 0 Å². The molecule has 0 bridgehead atoms. The lowest BCUT2D eigenvalue weighted by atomic mass is 10.1. The maximum atomic E-state index is 15.2. The van der Waals surface area contributed by atoms with E-state index in [1.54, 1.807) is 19.1 Å². The number of nitrogen functional groups attached to an aromatic ring is 1. The van der Waals surface area contributed by atoms with Crippen molar-refractivity contribution in [3.05, 3.63) is 65.0 Å². The average Bonchev–Trinajstić information content (AvgIpc) is 2.87. The molecule has 2 aromatic carbocycles. The van der Waals surface area contributed by atoms with Gasteiger partial charge in [0.15, 0.2) is 6.29 Å². The fourth-order valence-electron chi connectivity index (χ4n) is 4.25. The molecular formula is C26H35Cl2FN6O6S. The summed E-state index contributed by atoms with van der Waals surface area (Å²) in [5, 5.41) is 34.0. The Kier molecular flexibility index (Phi) is 13.7. The van der Waals surface area contributed by atoms with E-state index in [9.17, 15) is 23.4 Å². The minimum Gasteiger partial charge on any atom is -0.489 e. The van der Waals surface area contributed by atoms with E-state index in [0.717, 1.165) is 12.1 Å². The van der Waals surface area contributed by atoms with Crippen LogP contribution in [0.15, 0.2) is 48.3 Å². The molecule has 8 N–H and O–H groups in total. The number of primary amides is 1. The number of aliphatic hydroxyl groups excluding tert-OH is 1. The number of hydrogen-bond acceptors (Lipinski definition) is 8. The standard InChI is InChI=1S/C26H33FN6O6S.2ClH/c1-16(28)32-9-7-21(8-10-32)39-23-6-5-20(13-22(23)26(31)36)33(40(37,38)15-24(34)35)14-19(27)12-17-3-2-4-18(11-17)25(29)30;;/h2-6,11-13,21,24,28,34-35H,7-10,14-15H2,1H3,(H3,29,30)(H2,31,36);2*1H/b19-12-,28-16?;;. The number of amides is 1. The second-order valence-electron chi connectivity index (χ2n) is 9.33. The van der Waals surface area contributed by atoms with Crippen molar-refractivity contribution in [3.8, 4) is 5.75 Å². The number of benzene rings is 2. The molecule has 42 heavy (non-hydrogen) atoms. The second kappa shape index (κ2) is 15.7. The predicted octanol–water partition coefficient (Wildman–Crippen LogP) is 2.21. The molecule has 3 rings (SSSR count). The zero-order valence-electron chi connectivity index (χ0n) is 22.7. The Morgan fingerprint density at radius 1 is 1.17 bits per heavy atom. The number of carbonyl (C=O) groups is 1. The van der Waals surface area contributed by atoms with Crippen molar-refractivity contribution < 1.29 is 32.6 Å². The van der Waals surface area contributed by atoms with Crippen LogP contribution in [0.4, 0.5) is 10.1 Å². The number of nitrogens with two attached hydrogens (primary N) is 2. The first-order valence-corrected chi connectivity index (χ1v) is 14.0. The van der Waals surface area contributed by atoms with Crippen LogP contribution < -0.4 is 20.5 Å². The molecular weight excluding hydrogens is 614 g/mol. The Morgan fingerprint density at radius 2 is 1.81 bits per heavy atom. The topological polar surface area (TPSA) is 207 Å². The number of nitrogens with one attached hydrogen (secondary N) is 2. The van der Waals surface area contributed by atoms with Crippen LogP contribution in [0.1, 0.15) is 41.3 Å². The molecule has 2 aromatic rings. The zero-order chi connectivity index (χ0) is 29.6. The van der Waals surface area contributed by atoms with Crippen LogP contribution in [0.5, 0.6) is 5.75 Å². The summed E-state index contributed by atoms with van der Waals surface area (Å²) in [5.41, 5.74) is 11.4. The van der Waals surface area contributed by atoms with Crippen molar-refractivity contribution in [2.75, 3.05) is 29.7 Å². The van der Waals surface area contributed by atoms with Gasteiger partial charge in [0, 0.05) is 31.5 Å². The third-order valence-electron chi connectivity index (χ3n) is 6.24. The molecule has 1 aliphatic rings. The SMILES string of the molecule is CC(=N)N1CCC(Oc2ccc(N(C/C(F)=C/c3cccc(C(=N)N)c3)S(=O)(=O)CC(O)O)cc2C(N)=O)CC1.Cl.Cl. The number of piperidine rings is 1. The molecule has 0 atom stereocenters. The smallest absolute Gasteiger partial charge is 0.252 e. The average molecular weight is 650 g/mol. The molecule has 16 heteroatoms. The van der Waals surface area contributed by atoms with E-state index in [1.807, 2.05) is 4.90 Å². The molecule has 12 nitrogen and oxygen atoms in total. The van der Waals surface area contributed by atoms with E-state index in [2.05, 4.69) is 0 Å². The number of anilines is 1. The van der Waals surface area contributed by atoms with E-state index < -0.39 is 40.3 Å². The largest absolute Gasteiger partial charge is 0.489 e. The number of carbonyl (C=O) groups excluding carboxylic acids is 1. The van der Waals surface area contributed by atoms with Crippen LogP contribution in [0.2, 0.25) is 0 Å². The highest BCUT2D eigenvalue weighted by Crippen LogP contribution is 2.30. The van der Waals surface area contributed by atoms with Gasteiger partial charge in [-0.05, 0) is 42.8 Å². The van der Waals surface area contributed by atoms with Gasteiger partial charge in [-0.15, -0.1) is 24.8 Å². The summed E-state index contributed by atoms with van der Waals surface area (Å²) >= 11 is 0. The van der Waals surface area contributed by atoms with Crippen molar-refractivity contribution in [1.82, 2.24) is 4.90 Å². The summed E-state index contributed by atoms with van der Waals surface area (Å²) in [7, 11) is -4.50. The van der Waals surface area contributed by atoms with Crippen molar-refractivity contribution >= 4 is 64.2 Å². The highest BCUT2D eigenvalue weighted by atomic mass is 35.5. The van der Waals surface area contributed by atoms with Crippen molar-refractivity contribution in [2.45, 2.75) is 32.2 Å². The molecule has 0 saturated carbocycles. The first kappa shape index (κ1) is 36.6. The van der Waals surface area contributed by atoms with Gasteiger partial charge in [-0.25, -0.2) is 12.8 Å². The highest BCUT2D eigenvalue weighted by molar-refractivity contribution is 7.92. The lowest BCUT2D eigenvalue weighted by molar-refractivity contribution is -0.0199. The van der Waals surface area contributed by atoms with Gasteiger partial charge in [-0.1, -0.05) is 18.2 Å². The quantitative estimate of drug-likeness (QED) is 0.121. The molecule has 1 fully saturated rings. The number of amidine groups is 2. The lowest BCUT2D eigenvalue weighted by Crippen LogP contribution is -2.40. The highest BCUT2D eigenvalue weighted by Gasteiger charge is 2.29. The van der Waals surface area contributed by atoms with Gasteiger partial charge < -0.3 is 31.3 Å². The van der Waals surface area contributed by atoms with Crippen molar-refractivity contribution in [1.29, 1.82) is 10.8 Å². The van der Waals surface area contributed by atoms with E-state index in [-0.39, 0.29) is 53.8 Å². The third kappa shape index (κ3) is 9.84. The van der Waals surface area contributed by atoms with Gasteiger partial charge in [-0.3, -0.25) is 19.9 Å². The minimum absolute atomic E-state index is 0. The molecule has 0 unspecified atom stereocenters. The van der Waals surface area contributed by atoms with Gasteiger partial charge in [0.05, 0.1) is 23.6 Å². The predicted molar refractivity (Wildman–Crippen MR) is 164 cm³/mol. The van der Waals surface area contributed by atoms with Crippen LogP contribution in [-0.4, -0.2) is 78.9 Å². The molecule has 0 spiro atoms. The van der Waals surface area contributed by atoms with E-state index in [0.29, 0.717) is 47.2 Å². The Morgan fingerprint density at radius 3 is 2.36 bits per heavy atom. The maximum absolute atomic E-state index is 15.2. The summed E-state index contributed by atoms with van der Waals surface area (Å²) in [6, 6.07) is 9.92. The van der Waals surface area contributed by atoms with Crippen molar-refractivity contribution in [3.63, 3.8) is 0 Å². The number of sulfonamides is 1. The monoisotopic (exact) mass is 648 g/mol. The number of ether oxygens (including phenoxy) is 1. The zero-order valence-corrected chi connectivity index (χ0v) is 25.1. The van der Waals surface area contributed by atoms with Gasteiger partial charge in [0.2, 0.25) is 10.0 Å². The van der Waals surface area contributed by atoms with E-state index in [4.69, 9.17) is 27.0 Å². The number of halogens is 3. The second-order valence-corrected chi connectivity index (χ2v) is 11.3. The van der Waals surface area contributed by atoms with Gasteiger partial charge in [0.25, 0.3) is 5.91 Å². The van der Waals surface area contributed by atoms with Gasteiger partial charge in [0.1, 0.15) is 29.3 Å². The summed E-state index contributed by atoms with van der Waals surface area (Å²) in [6.45, 7) is 2.06. The normalized spacial score (nSPS) is 14.0. The molecule has 232 valence electrons. The van der Waals surface area contributed by atoms with Crippen LogP contribution >= 0.6 is 24.8 Å². The maximum Gasteiger partial charge on any atom is 0.252 e. The molecule has 0 radical (unpaired) electrons. The summed E-state index contributed by atoms with van der Waals surface area (Å²) in [6.07, 6.45) is -0.271. The fraction of sp³-hybridized carbons (Fsp3) is 0.346. The molecule has 1 aliphatic heterocycles. The first-order valence-electron chi connectivity index (χ1n) is 12.3. The molecule has 1 heterocycles. The third-order valence-corrected chi connectivity index (χ3v) is 7.97. The van der Waals surface area contributed by atoms with E-state index in [1.165, 1.54) is 24.3 Å². The molecule has 0 aliphatic carbocycles. The first-order chi connectivity index (χ1) is 18.8. The van der Waals surface area contributed by atoms with Crippen LogP contribution in [0.25, 0.3) is 6.08 Å². The Balaban J connectivity index is 0.00000441. The van der Waals surface area contributed by atoms with E-state index >= 15 is 4.39 Å². The Labute approximate surface area is 256 Å². The fourth-order valence-corrected chi connectivity index (χ4v) is 5.56. The number of likely N-dealkylation sites (tertiary alicyclic amines) is 1. The summed E-state index contributed by atoms with van der Waals surface area (Å²) in [4.78, 5) is 14.2. The number of aliphatic hydroxyl groups is 2. The van der Waals surface area contributed by atoms with Gasteiger partial charge in [-0.2, -0.15) is 0 Å². The summed E-state index contributed by atoms with van der Waals surface area (Å²) < 4.78 is 47.8. The number of nitrogens with zero attached hydrogens (tertiary/aromatic N) is 2. The Hall–Kier alpha value is -3.43. The van der Waals surface area contributed by atoms with Crippen molar-refractivity contribution in [2.24, 2.45) is 11.5 Å². The molecule has 1 saturated heterocycles. The molecule has 0 aromatic heterocycles. The molecule has 1 amide bonds.